The number of anilines is 1. The minimum atomic E-state index is 0.447. The quantitative estimate of drug-likeness (QED) is 0.859. The number of hydrogen-bond donors (Lipinski definition) is 0. The molecule has 0 saturated carbocycles. The lowest BCUT2D eigenvalue weighted by Crippen LogP contribution is -2.31. The Morgan fingerprint density at radius 2 is 2.05 bits per heavy atom. The van der Waals surface area contributed by atoms with E-state index in [0.29, 0.717) is 17.9 Å². The van der Waals surface area contributed by atoms with Crippen LogP contribution in [0.5, 0.6) is 0 Å². The molecule has 22 heavy (non-hydrogen) atoms. The van der Waals surface area contributed by atoms with Gasteiger partial charge in [-0.15, -0.1) is 5.10 Å². The molecule has 1 saturated heterocycles. The van der Waals surface area contributed by atoms with Gasteiger partial charge in [0.1, 0.15) is 5.82 Å². The smallest absolute Gasteiger partial charge is 0.318 e. The monoisotopic (exact) mass is 304 g/mol. The Bertz CT molecular complexity index is 605. The summed E-state index contributed by atoms with van der Waals surface area (Å²) in [5.74, 6) is 1.76. The van der Waals surface area contributed by atoms with Crippen molar-refractivity contribution in [1.29, 1.82) is 0 Å². The van der Waals surface area contributed by atoms with Crippen molar-refractivity contribution < 1.29 is 4.42 Å². The first-order valence-electron chi connectivity index (χ1n) is 7.92. The van der Waals surface area contributed by atoms with Crippen molar-refractivity contribution >= 4 is 6.01 Å². The van der Waals surface area contributed by atoms with Crippen LogP contribution in [0.3, 0.4) is 0 Å². The van der Waals surface area contributed by atoms with Crippen LogP contribution in [0.4, 0.5) is 6.01 Å². The molecule has 120 valence electrons. The van der Waals surface area contributed by atoms with E-state index in [4.69, 9.17) is 4.42 Å². The number of imidazole rings is 1. The van der Waals surface area contributed by atoms with Gasteiger partial charge in [0.25, 0.3) is 0 Å². The third-order valence-electron chi connectivity index (χ3n) is 4.04. The van der Waals surface area contributed by atoms with Crippen LogP contribution in [0, 0.1) is 6.92 Å². The van der Waals surface area contributed by atoms with Crippen LogP contribution in [-0.2, 0) is 6.54 Å². The number of aromatic nitrogens is 4. The van der Waals surface area contributed by atoms with Gasteiger partial charge in [-0.25, -0.2) is 4.98 Å². The van der Waals surface area contributed by atoms with Gasteiger partial charge < -0.3 is 13.9 Å². The SMILES string of the molecule is Cc1nnc(N2CCCN(Cc3nccn3C(C)C)CC2)o1. The van der Waals surface area contributed by atoms with Gasteiger partial charge in [0.15, 0.2) is 0 Å². The second-order valence-corrected chi connectivity index (χ2v) is 6.06. The number of nitrogens with zero attached hydrogens (tertiary/aromatic N) is 6. The Morgan fingerprint density at radius 3 is 2.77 bits per heavy atom. The van der Waals surface area contributed by atoms with Crippen LogP contribution in [0.25, 0.3) is 0 Å². The van der Waals surface area contributed by atoms with E-state index in [0.717, 1.165) is 45.0 Å². The highest BCUT2D eigenvalue weighted by atomic mass is 16.4. The van der Waals surface area contributed by atoms with Gasteiger partial charge in [-0.2, -0.15) is 0 Å². The van der Waals surface area contributed by atoms with Crippen LogP contribution in [0.2, 0.25) is 0 Å². The first kappa shape index (κ1) is 15.0. The van der Waals surface area contributed by atoms with E-state index >= 15 is 0 Å². The molecule has 0 atom stereocenters. The summed E-state index contributed by atoms with van der Waals surface area (Å²) in [5, 5.41) is 8.04. The van der Waals surface area contributed by atoms with Gasteiger partial charge in [-0.05, 0) is 20.3 Å². The molecular weight excluding hydrogens is 280 g/mol. The topological polar surface area (TPSA) is 63.2 Å². The van der Waals surface area contributed by atoms with Gasteiger partial charge in [0.05, 0.1) is 6.54 Å². The van der Waals surface area contributed by atoms with Gasteiger partial charge in [0.2, 0.25) is 5.89 Å². The fourth-order valence-electron chi connectivity index (χ4n) is 2.87. The minimum Gasteiger partial charge on any atom is -0.408 e. The molecule has 0 N–H and O–H groups in total. The van der Waals surface area contributed by atoms with Gasteiger partial charge in [-0.3, -0.25) is 4.90 Å². The molecule has 1 aliphatic heterocycles. The van der Waals surface area contributed by atoms with Gasteiger partial charge >= 0.3 is 6.01 Å². The molecule has 1 aliphatic rings. The summed E-state index contributed by atoms with van der Waals surface area (Å²) < 4.78 is 7.78. The maximum atomic E-state index is 5.54. The maximum Gasteiger partial charge on any atom is 0.318 e. The zero-order valence-electron chi connectivity index (χ0n) is 13.6. The Kier molecular flexibility index (Phi) is 4.42. The highest BCUT2D eigenvalue weighted by Crippen LogP contribution is 2.16. The third kappa shape index (κ3) is 3.30. The van der Waals surface area contributed by atoms with Crippen LogP contribution in [-0.4, -0.2) is 50.8 Å². The molecule has 2 aromatic heterocycles. The molecule has 0 radical (unpaired) electrons. The summed E-state index contributed by atoms with van der Waals surface area (Å²) in [6.45, 7) is 11.0. The molecular formula is C15H24N6O. The summed E-state index contributed by atoms with van der Waals surface area (Å²) in [6.07, 6.45) is 5.04. The molecule has 0 spiro atoms. The number of rotatable bonds is 4. The molecule has 3 rings (SSSR count). The second kappa shape index (κ2) is 6.48. The Morgan fingerprint density at radius 1 is 1.18 bits per heavy atom. The van der Waals surface area contributed by atoms with Crippen LogP contribution < -0.4 is 4.90 Å². The summed E-state index contributed by atoms with van der Waals surface area (Å²) in [5.41, 5.74) is 0. The van der Waals surface area contributed by atoms with Crippen LogP contribution >= 0.6 is 0 Å². The zero-order valence-corrected chi connectivity index (χ0v) is 13.6. The Balaban J connectivity index is 1.62. The first-order valence-corrected chi connectivity index (χ1v) is 7.92. The third-order valence-corrected chi connectivity index (χ3v) is 4.04. The number of aryl methyl sites for hydroxylation is 1. The largest absolute Gasteiger partial charge is 0.408 e. The first-order chi connectivity index (χ1) is 10.6. The van der Waals surface area contributed by atoms with Crippen molar-refractivity contribution in [3.05, 3.63) is 24.1 Å². The fraction of sp³-hybridized carbons (Fsp3) is 0.667. The van der Waals surface area contributed by atoms with E-state index in [2.05, 4.69) is 49.6 Å². The molecule has 1 fully saturated rings. The average molecular weight is 304 g/mol. The average Bonchev–Trinajstić information content (AvgIpc) is 3.04. The standard InChI is InChI=1S/C15H24N6O/c1-12(2)21-8-5-16-14(21)11-19-6-4-7-20(10-9-19)15-18-17-13(3)22-15/h5,8,12H,4,6-7,9-11H2,1-3H3. The van der Waals surface area contributed by atoms with E-state index in [1.807, 2.05) is 13.1 Å². The predicted octanol–water partition coefficient (Wildman–Crippen LogP) is 1.87. The van der Waals surface area contributed by atoms with Crippen molar-refractivity contribution in [2.45, 2.75) is 39.8 Å². The molecule has 0 amide bonds. The summed E-state index contributed by atoms with van der Waals surface area (Å²) in [6, 6.07) is 1.09. The lowest BCUT2D eigenvalue weighted by Gasteiger charge is -2.21. The van der Waals surface area contributed by atoms with E-state index < -0.39 is 0 Å². The van der Waals surface area contributed by atoms with Crippen molar-refractivity contribution in [2.24, 2.45) is 0 Å². The highest BCUT2D eigenvalue weighted by molar-refractivity contribution is 5.24. The number of hydrogen-bond acceptors (Lipinski definition) is 6. The van der Waals surface area contributed by atoms with Gasteiger partial charge in [0, 0.05) is 51.5 Å². The lowest BCUT2D eigenvalue weighted by atomic mass is 10.3. The van der Waals surface area contributed by atoms with Crippen molar-refractivity contribution in [1.82, 2.24) is 24.6 Å². The normalized spacial score (nSPS) is 17.2. The summed E-state index contributed by atoms with van der Waals surface area (Å²) in [7, 11) is 0. The molecule has 7 heteroatoms. The van der Waals surface area contributed by atoms with Crippen molar-refractivity contribution in [2.75, 3.05) is 31.1 Å². The molecule has 3 heterocycles. The molecule has 7 nitrogen and oxygen atoms in total. The van der Waals surface area contributed by atoms with E-state index in [1.54, 1.807) is 0 Å². The zero-order chi connectivity index (χ0) is 15.5. The maximum absolute atomic E-state index is 5.54. The molecule has 2 aromatic rings. The van der Waals surface area contributed by atoms with Crippen LogP contribution in [0.15, 0.2) is 16.8 Å². The molecule has 0 aromatic carbocycles. The molecule has 0 aliphatic carbocycles. The summed E-state index contributed by atoms with van der Waals surface area (Å²) >= 11 is 0. The van der Waals surface area contributed by atoms with Crippen LogP contribution in [0.1, 0.15) is 38.0 Å². The Labute approximate surface area is 130 Å². The van der Waals surface area contributed by atoms with E-state index in [-0.39, 0.29) is 0 Å². The van der Waals surface area contributed by atoms with Crippen molar-refractivity contribution in [3.8, 4) is 0 Å². The highest BCUT2D eigenvalue weighted by Gasteiger charge is 2.20. The van der Waals surface area contributed by atoms with E-state index in [1.165, 1.54) is 0 Å². The summed E-state index contributed by atoms with van der Waals surface area (Å²) in [4.78, 5) is 9.13. The minimum absolute atomic E-state index is 0.447. The van der Waals surface area contributed by atoms with E-state index in [9.17, 15) is 0 Å². The van der Waals surface area contributed by atoms with Crippen molar-refractivity contribution in [3.63, 3.8) is 0 Å². The Hall–Kier alpha value is -1.89. The van der Waals surface area contributed by atoms with Gasteiger partial charge in [-0.1, -0.05) is 5.10 Å². The lowest BCUT2D eigenvalue weighted by molar-refractivity contribution is 0.271. The predicted molar refractivity (Wildman–Crippen MR) is 83.8 cm³/mol. The molecule has 0 bridgehead atoms. The molecule has 0 unspecified atom stereocenters. The fourth-order valence-corrected chi connectivity index (χ4v) is 2.87. The second-order valence-electron chi connectivity index (χ2n) is 6.06.